The quantitative estimate of drug-likeness (QED) is 0.732. The van der Waals surface area contributed by atoms with Gasteiger partial charge in [0.1, 0.15) is 0 Å². The molecular formula is C14H23N3O2. The fourth-order valence-electron chi connectivity index (χ4n) is 4.13. The highest BCUT2D eigenvalue weighted by molar-refractivity contribution is 6.05. The fourth-order valence-corrected chi connectivity index (χ4v) is 4.13. The van der Waals surface area contributed by atoms with Crippen molar-refractivity contribution in [3.8, 4) is 0 Å². The van der Waals surface area contributed by atoms with E-state index in [1.165, 1.54) is 11.3 Å². The Morgan fingerprint density at radius 1 is 1.16 bits per heavy atom. The molecule has 3 rings (SSSR count). The Morgan fingerprint density at radius 3 is 2.26 bits per heavy atom. The van der Waals surface area contributed by atoms with Crippen molar-refractivity contribution in [2.75, 3.05) is 14.1 Å². The third-order valence-corrected chi connectivity index (χ3v) is 5.16. The molecule has 0 saturated carbocycles. The summed E-state index contributed by atoms with van der Waals surface area (Å²) in [5, 5.41) is 3.38. The molecule has 106 valence electrons. The van der Waals surface area contributed by atoms with E-state index in [1.807, 2.05) is 7.05 Å². The van der Waals surface area contributed by atoms with Crippen molar-refractivity contribution in [1.82, 2.24) is 15.1 Å². The molecule has 1 N–H and O–H groups in total. The summed E-state index contributed by atoms with van der Waals surface area (Å²) in [4.78, 5) is 27.7. The normalized spacial score (nSPS) is 40.0. The van der Waals surface area contributed by atoms with Crippen LogP contribution in [-0.2, 0) is 9.59 Å². The number of hydrogen-bond acceptors (Lipinski definition) is 4. The number of fused-ring (bicyclic) bond motifs is 2. The lowest BCUT2D eigenvalue weighted by Gasteiger charge is -2.50. The molecule has 2 amide bonds. The van der Waals surface area contributed by atoms with Gasteiger partial charge in [0.25, 0.3) is 0 Å². The molecule has 0 aromatic heterocycles. The van der Waals surface area contributed by atoms with E-state index < -0.39 is 0 Å². The van der Waals surface area contributed by atoms with Crippen LogP contribution in [0.25, 0.3) is 0 Å². The molecule has 0 radical (unpaired) electrons. The van der Waals surface area contributed by atoms with Gasteiger partial charge in [0.15, 0.2) is 0 Å². The lowest BCUT2D eigenvalue weighted by molar-refractivity contribution is -0.139. The molecule has 5 nitrogen and oxygen atoms in total. The van der Waals surface area contributed by atoms with E-state index in [1.54, 1.807) is 7.05 Å². The van der Waals surface area contributed by atoms with Gasteiger partial charge >= 0.3 is 0 Å². The van der Waals surface area contributed by atoms with Gasteiger partial charge in [-0.15, -0.1) is 0 Å². The molecule has 3 unspecified atom stereocenters. The van der Waals surface area contributed by atoms with Crippen LogP contribution in [0.2, 0.25) is 0 Å². The number of rotatable bonds is 2. The van der Waals surface area contributed by atoms with E-state index in [0.717, 1.165) is 25.7 Å². The molecule has 3 aliphatic heterocycles. The van der Waals surface area contributed by atoms with Gasteiger partial charge in [-0.2, -0.15) is 0 Å². The number of likely N-dealkylation sites (tertiary alicyclic amines) is 1. The molecule has 2 bridgehead atoms. The summed E-state index contributed by atoms with van der Waals surface area (Å²) < 4.78 is 0. The van der Waals surface area contributed by atoms with Crippen molar-refractivity contribution in [1.29, 1.82) is 0 Å². The molecule has 3 heterocycles. The first-order valence-corrected chi connectivity index (χ1v) is 7.37. The highest BCUT2D eigenvalue weighted by Gasteiger charge is 2.48. The number of piperidine rings is 2. The number of nitrogens with one attached hydrogen (secondary N) is 1. The monoisotopic (exact) mass is 265 g/mol. The minimum Gasteiger partial charge on any atom is -0.317 e. The molecule has 3 fully saturated rings. The van der Waals surface area contributed by atoms with Crippen LogP contribution < -0.4 is 5.32 Å². The Labute approximate surface area is 114 Å². The molecule has 5 heteroatoms. The van der Waals surface area contributed by atoms with Gasteiger partial charge < -0.3 is 5.32 Å². The maximum atomic E-state index is 12.2. The van der Waals surface area contributed by atoms with Crippen LogP contribution in [0.3, 0.4) is 0 Å². The summed E-state index contributed by atoms with van der Waals surface area (Å²) in [7, 11) is 3.63. The van der Waals surface area contributed by atoms with Crippen molar-refractivity contribution in [2.45, 2.75) is 62.7 Å². The smallest absolute Gasteiger partial charge is 0.246 e. The molecule has 3 aliphatic rings. The molecule has 0 aromatic carbocycles. The van der Waals surface area contributed by atoms with Crippen LogP contribution in [-0.4, -0.2) is 59.9 Å². The Hall–Kier alpha value is -0.940. The predicted molar refractivity (Wildman–Crippen MR) is 71.5 cm³/mol. The first-order valence-electron chi connectivity index (χ1n) is 7.37. The van der Waals surface area contributed by atoms with Crippen molar-refractivity contribution < 1.29 is 9.59 Å². The van der Waals surface area contributed by atoms with Crippen molar-refractivity contribution in [3.05, 3.63) is 0 Å². The van der Waals surface area contributed by atoms with Crippen molar-refractivity contribution in [3.63, 3.8) is 0 Å². The van der Waals surface area contributed by atoms with E-state index >= 15 is 0 Å². The van der Waals surface area contributed by atoms with E-state index in [0.29, 0.717) is 24.5 Å². The van der Waals surface area contributed by atoms with Crippen LogP contribution in [0, 0.1) is 0 Å². The van der Waals surface area contributed by atoms with E-state index in [2.05, 4.69) is 10.2 Å². The van der Waals surface area contributed by atoms with E-state index in [4.69, 9.17) is 0 Å². The second-order valence-electron chi connectivity index (χ2n) is 6.15. The van der Waals surface area contributed by atoms with Crippen LogP contribution in [0.4, 0.5) is 0 Å². The first kappa shape index (κ1) is 13.1. The van der Waals surface area contributed by atoms with Crippen LogP contribution in [0.15, 0.2) is 0 Å². The zero-order chi connectivity index (χ0) is 13.6. The number of carbonyl (C=O) groups excluding carboxylic acids is 2. The zero-order valence-corrected chi connectivity index (χ0v) is 11.8. The average molecular weight is 265 g/mol. The SMILES string of the molecule is CNC1CC2CCCC(C1)N2C1CC(=O)N(C)C1=O. The van der Waals surface area contributed by atoms with Gasteiger partial charge in [0.05, 0.1) is 12.5 Å². The summed E-state index contributed by atoms with van der Waals surface area (Å²) in [5.41, 5.74) is 0. The summed E-state index contributed by atoms with van der Waals surface area (Å²) in [5.74, 6) is -0.0198. The van der Waals surface area contributed by atoms with Gasteiger partial charge in [-0.25, -0.2) is 0 Å². The third kappa shape index (κ3) is 2.09. The molecule has 0 aromatic rings. The zero-order valence-electron chi connectivity index (χ0n) is 11.8. The molecule has 0 spiro atoms. The van der Waals surface area contributed by atoms with Crippen LogP contribution in [0.5, 0.6) is 0 Å². The minimum atomic E-state index is -0.189. The van der Waals surface area contributed by atoms with Gasteiger partial charge in [-0.1, -0.05) is 6.42 Å². The molecule has 19 heavy (non-hydrogen) atoms. The van der Waals surface area contributed by atoms with Crippen LogP contribution in [0.1, 0.15) is 38.5 Å². The number of carbonyl (C=O) groups is 2. The van der Waals surface area contributed by atoms with E-state index in [-0.39, 0.29) is 17.9 Å². The Balaban J connectivity index is 1.81. The van der Waals surface area contributed by atoms with Gasteiger partial charge in [0.2, 0.25) is 11.8 Å². The lowest BCUT2D eigenvalue weighted by Crippen LogP contribution is -2.60. The minimum absolute atomic E-state index is 0.00445. The number of likely N-dealkylation sites (N-methyl/N-ethyl adjacent to an activating group) is 1. The second kappa shape index (κ2) is 4.87. The van der Waals surface area contributed by atoms with Gasteiger partial charge in [-0.3, -0.25) is 19.4 Å². The highest BCUT2D eigenvalue weighted by Crippen LogP contribution is 2.37. The number of hydrogen-bond donors (Lipinski definition) is 1. The van der Waals surface area contributed by atoms with E-state index in [9.17, 15) is 9.59 Å². The summed E-state index contributed by atoms with van der Waals surface area (Å²) in [6.45, 7) is 0. The maximum absolute atomic E-state index is 12.2. The molecule has 0 aliphatic carbocycles. The number of amides is 2. The second-order valence-corrected chi connectivity index (χ2v) is 6.15. The Morgan fingerprint density at radius 2 is 1.79 bits per heavy atom. The first-order chi connectivity index (χ1) is 9.11. The van der Waals surface area contributed by atoms with Crippen molar-refractivity contribution >= 4 is 11.8 Å². The topological polar surface area (TPSA) is 52.7 Å². The van der Waals surface area contributed by atoms with Crippen molar-refractivity contribution in [2.24, 2.45) is 0 Å². The largest absolute Gasteiger partial charge is 0.317 e. The highest BCUT2D eigenvalue weighted by atomic mass is 16.2. The number of nitrogens with zero attached hydrogens (tertiary/aromatic N) is 2. The maximum Gasteiger partial charge on any atom is 0.246 e. The molecule has 3 saturated heterocycles. The molecular weight excluding hydrogens is 242 g/mol. The standard InChI is InChI=1S/C14H23N3O2/c1-15-9-6-10-4-3-5-11(7-9)17(10)12-8-13(18)16(2)14(12)19/h9-12,15H,3-8H2,1-2H3. The number of imide groups is 1. The van der Waals surface area contributed by atoms with Crippen LogP contribution >= 0.6 is 0 Å². The summed E-state index contributed by atoms with van der Waals surface area (Å²) >= 11 is 0. The summed E-state index contributed by atoms with van der Waals surface area (Å²) in [6, 6.07) is 1.32. The fraction of sp³-hybridized carbons (Fsp3) is 0.857. The Kier molecular flexibility index (Phi) is 3.35. The van der Waals surface area contributed by atoms with Gasteiger partial charge in [0, 0.05) is 25.2 Å². The lowest BCUT2D eigenvalue weighted by atomic mass is 9.80. The third-order valence-electron chi connectivity index (χ3n) is 5.16. The average Bonchev–Trinajstić information content (AvgIpc) is 2.65. The molecule has 3 atom stereocenters. The predicted octanol–water partition coefficient (Wildman–Crippen LogP) is 0.349. The Bertz CT molecular complexity index is 384. The van der Waals surface area contributed by atoms with Gasteiger partial charge in [-0.05, 0) is 32.7 Å². The summed E-state index contributed by atoms with van der Waals surface area (Å²) in [6.07, 6.45) is 6.18.